The number of ether oxygens (including phenoxy) is 2. The van der Waals surface area contributed by atoms with Crippen LogP contribution in [0.15, 0.2) is 0 Å². The molecule has 1 aromatic heterocycles. The minimum Gasteiger partial charge on any atom is -0.460 e. The molecule has 1 aliphatic heterocycles. The van der Waals surface area contributed by atoms with Crippen molar-refractivity contribution < 1.29 is 14.3 Å². The van der Waals surface area contributed by atoms with Crippen molar-refractivity contribution in [2.75, 3.05) is 19.8 Å². The molecule has 2 rings (SSSR count). The molecule has 0 unspecified atom stereocenters. The van der Waals surface area contributed by atoms with Gasteiger partial charge in [-0.1, -0.05) is 0 Å². The van der Waals surface area contributed by atoms with E-state index in [-0.39, 0.29) is 5.82 Å². The maximum absolute atomic E-state index is 11.6. The van der Waals surface area contributed by atoms with Gasteiger partial charge in [-0.05, 0) is 36.1 Å². The Morgan fingerprint density at radius 1 is 1.53 bits per heavy atom. The standard InChI is InChI=1S/C10H16N4O3/c1-2-17-10(15)9-11-12-13-14(9)7-8-3-5-16-6-4-8/h8H,2-7H2,1H3. The zero-order valence-corrected chi connectivity index (χ0v) is 9.83. The fourth-order valence-corrected chi connectivity index (χ4v) is 1.84. The van der Waals surface area contributed by atoms with Crippen molar-refractivity contribution in [3.05, 3.63) is 5.82 Å². The molecule has 0 amide bonds. The van der Waals surface area contributed by atoms with Crippen LogP contribution in [0.5, 0.6) is 0 Å². The zero-order chi connectivity index (χ0) is 12.1. The number of carbonyl (C=O) groups excluding carboxylic acids is 1. The van der Waals surface area contributed by atoms with Gasteiger partial charge in [0.2, 0.25) is 0 Å². The first-order chi connectivity index (χ1) is 8.31. The molecule has 1 saturated heterocycles. The first-order valence-electron chi connectivity index (χ1n) is 5.82. The van der Waals surface area contributed by atoms with E-state index in [9.17, 15) is 4.79 Å². The highest BCUT2D eigenvalue weighted by Crippen LogP contribution is 2.16. The Labute approximate surface area is 99.1 Å². The second-order valence-corrected chi connectivity index (χ2v) is 3.96. The van der Waals surface area contributed by atoms with Crippen LogP contribution in [0.3, 0.4) is 0 Å². The lowest BCUT2D eigenvalue weighted by atomic mass is 10.0. The molecule has 0 aromatic carbocycles. The van der Waals surface area contributed by atoms with Gasteiger partial charge in [0, 0.05) is 19.8 Å². The second kappa shape index (κ2) is 5.72. The lowest BCUT2D eigenvalue weighted by Gasteiger charge is -2.21. The Bertz CT molecular complexity index is 373. The number of aromatic nitrogens is 4. The minimum absolute atomic E-state index is 0.179. The zero-order valence-electron chi connectivity index (χ0n) is 9.83. The van der Waals surface area contributed by atoms with E-state index >= 15 is 0 Å². The van der Waals surface area contributed by atoms with E-state index in [1.165, 1.54) is 4.68 Å². The molecule has 1 fully saturated rings. The maximum Gasteiger partial charge on any atom is 0.378 e. The van der Waals surface area contributed by atoms with E-state index in [0.717, 1.165) is 26.1 Å². The van der Waals surface area contributed by atoms with Gasteiger partial charge in [-0.15, -0.1) is 5.10 Å². The molecule has 0 spiro atoms. The van der Waals surface area contributed by atoms with Crippen LogP contribution in [0.4, 0.5) is 0 Å². The number of hydrogen-bond donors (Lipinski definition) is 0. The molecule has 0 aliphatic carbocycles. The highest BCUT2D eigenvalue weighted by atomic mass is 16.5. The number of carbonyl (C=O) groups is 1. The van der Waals surface area contributed by atoms with Gasteiger partial charge in [-0.25, -0.2) is 9.48 Å². The van der Waals surface area contributed by atoms with Crippen molar-refractivity contribution in [1.29, 1.82) is 0 Å². The Balaban J connectivity index is 2.00. The summed E-state index contributed by atoms with van der Waals surface area (Å²) in [6.45, 7) is 4.25. The van der Waals surface area contributed by atoms with E-state index in [1.54, 1.807) is 6.92 Å². The van der Waals surface area contributed by atoms with E-state index in [0.29, 0.717) is 19.1 Å². The number of rotatable bonds is 4. The Hall–Kier alpha value is -1.50. The third-order valence-electron chi connectivity index (χ3n) is 2.76. The van der Waals surface area contributed by atoms with Gasteiger partial charge in [-0.3, -0.25) is 0 Å². The average Bonchev–Trinajstić information content (AvgIpc) is 2.79. The molecule has 2 heterocycles. The fraction of sp³-hybridized carbons (Fsp3) is 0.800. The van der Waals surface area contributed by atoms with E-state index in [4.69, 9.17) is 9.47 Å². The summed E-state index contributed by atoms with van der Waals surface area (Å²) in [5.74, 6) is 0.170. The normalized spacial score (nSPS) is 17.0. The molecule has 0 saturated carbocycles. The second-order valence-electron chi connectivity index (χ2n) is 3.96. The summed E-state index contributed by atoms with van der Waals surface area (Å²) in [7, 11) is 0. The van der Waals surface area contributed by atoms with Crippen molar-refractivity contribution in [3.8, 4) is 0 Å². The van der Waals surface area contributed by atoms with Crippen molar-refractivity contribution in [1.82, 2.24) is 20.2 Å². The highest BCUT2D eigenvalue weighted by Gasteiger charge is 2.21. The van der Waals surface area contributed by atoms with Gasteiger partial charge in [0.1, 0.15) is 0 Å². The summed E-state index contributed by atoms with van der Waals surface area (Å²) < 4.78 is 11.7. The summed E-state index contributed by atoms with van der Waals surface area (Å²) >= 11 is 0. The monoisotopic (exact) mass is 240 g/mol. The summed E-state index contributed by atoms with van der Waals surface area (Å²) in [6.07, 6.45) is 1.95. The van der Waals surface area contributed by atoms with Crippen molar-refractivity contribution in [2.24, 2.45) is 5.92 Å². The molecule has 0 radical (unpaired) electrons. The maximum atomic E-state index is 11.6. The SMILES string of the molecule is CCOC(=O)c1nnnn1CC1CCOCC1. The number of tetrazole rings is 1. The smallest absolute Gasteiger partial charge is 0.378 e. The van der Waals surface area contributed by atoms with Crippen LogP contribution in [0.25, 0.3) is 0 Å². The fourth-order valence-electron chi connectivity index (χ4n) is 1.84. The predicted molar refractivity (Wildman–Crippen MR) is 57.3 cm³/mol. The topological polar surface area (TPSA) is 79.1 Å². The van der Waals surface area contributed by atoms with Crippen LogP contribution >= 0.6 is 0 Å². The minimum atomic E-state index is -0.468. The molecular formula is C10H16N4O3. The van der Waals surface area contributed by atoms with E-state index in [2.05, 4.69) is 15.5 Å². The molecular weight excluding hydrogens is 224 g/mol. The average molecular weight is 240 g/mol. The van der Waals surface area contributed by atoms with Crippen LogP contribution in [-0.2, 0) is 16.0 Å². The summed E-state index contributed by atoms with van der Waals surface area (Å²) in [6, 6.07) is 0. The predicted octanol–water partition coefficient (Wildman–Crippen LogP) is 0.276. The van der Waals surface area contributed by atoms with Crippen LogP contribution < -0.4 is 0 Å². The molecule has 17 heavy (non-hydrogen) atoms. The van der Waals surface area contributed by atoms with Crippen molar-refractivity contribution in [3.63, 3.8) is 0 Å². The lowest BCUT2D eigenvalue weighted by molar-refractivity contribution is 0.0483. The Morgan fingerprint density at radius 2 is 2.29 bits per heavy atom. The largest absolute Gasteiger partial charge is 0.460 e. The first-order valence-corrected chi connectivity index (χ1v) is 5.82. The van der Waals surface area contributed by atoms with Gasteiger partial charge >= 0.3 is 5.97 Å². The van der Waals surface area contributed by atoms with Crippen LogP contribution in [-0.4, -0.2) is 46.0 Å². The molecule has 0 N–H and O–H groups in total. The van der Waals surface area contributed by atoms with Gasteiger partial charge in [-0.2, -0.15) is 0 Å². The van der Waals surface area contributed by atoms with Gasteiger partial charge in [0.05, 0.1) is 6.61 Å². The summed E-state index contributed by atoms with van der Waals surface area (Å²) in [5.41, 5.74) is 0. The van der Waals surface area contributed by atoms with Crippen molar-refractivity contribution in [2.45, 2.75) is 26.3 Å². The third-order valence-corrected chi connectivity index (χ3v) is 2.76. The van der Waals surface area contributed by atoms with Gasteiger partial charge < -0.3 is 9.47 Å². The van der Waals surface area contributed by atoms with Crippen LogP contribution in [0.2, 0.25) is 0 Å². The van der Waals surface area contributed by atoms with Gasteiger partial charge in [0.25, 0.3) is 5.82 Å². The molecule has 0 bridgehead atoms. The molecule has 1 aliphatic rings. The molecule has 94 valence electrons. The third kappa shape index (κ3) is 3.00. The number of hydrogen-bond acceptors (Lipinski definition) is 6. The summed E-state index contributed by atoms with van der Waals surface area (Å²) in [4.78, 5) is 11.6. The Morgan fingerprint density at radius 3 is 3.00 bits per heavy atom. The molecule has 0 atom stereocenters. The van der Waals surface area contributed by atoms with Crippen LogP contribution in [0.1, 0.15) is 30.4 Å². The quantitative estimate of drug-likeness (QED) is 0.703. The highest BCUT2D eigenvalue weighted by molar-refractivity contribution is 5.85. The lowest BCUT2D eigenvalue weighted by Crippen LogP contribution is -2.23. The van der Waals surface area contributed by atoms with E-state index < -0.39 is 5.97 Å². The summed E-state index contributed by atoms with van der Waals surface area (Å²) in [5, 5.41) is 11.0. The molecule has 1 aromatic rings. The molecule has 7 nitrogen and oxygen atoms in total. The van der Waals surface area contributed by atoms with Crippen LogP contribution in [0, 0.1) is 5.92 Å². The van der Waals surface area contributed by atoms with E-state index in [1.807, 2.05) is 0 Å². The first kappa shape index (κ1) is 12.0. The number of esters is 1. The Kier molecular flexibility index (Phi) is 4.03. The number of nitrogens with zero attached hydrogens (tertiary/aromatic N) is 4. The van der Waals surface area contributed by atoms with Crippen molar-refractivity contribution >= 4 is 5.97 Å². The van der Waals surface area contributed by atoms with Gasteiger partial charge in [0.15, 0.2) is 0 Å². The molecule has 7 heteroatoms.